The molecule has 6 amide bonds. The van der Waals surface area contributed by atoms with Gasteiger partial charge in [-0.1, -0.05) is 0 Å². The van der Waals surface area contributed by atoms with Crippen LogP contribution in [-0.4, -0.2) is 131 Å². The second kappa shape index (κ2) is 14.0. The van der Waals surface area contributed by atoms with Crippen LogP contribution >= 0.6 is 0 Å². The summed E-state index contributed by atoms with van der Waals surface area (Å²) in [5, 5.41) is 0. The Labute approximate surface area is 257 Å². The molecule has 4 bridgehead atoms. The average Bonchev–Trinajstić information content (AvgIpc) is 3.26. The number of carbonyl (C=O) groups is 6. The first kappa shape index (κ1) is 34.8. The van der Waals surface area contributed by atoms with Crippen molar-refractivity contribution in [2.45, 2.75) is 103 Å². The lowest BCUT2D eigenvalue weighted by Crippen LogP contribution is -2.50. The van der Waals surface area contributed by atoms with Crippen molar-refractivity contribution in [3.63, 3.8) is 0 Å². The Morgan fingerprint density at radius 2 is 1.00 bits per heavy atom. The van der Waals surface area contributed by atoms with Gasteiger partial charge >= 0.3 is 24.0 Å². The molecule has 16 heteroatoms. The van der Waals surface area contributed by atoms with Crippen LogP contribution < -0.4 is 11.0 Å². The predicted octanol–water partition coefficient (Wildman–Crippen LogP) is 0.549. The first-order chi connectivity index (χ1) is 20.4. The summed E-state index contributed by atoms with van der Waals surface area (Å²) in [7, 11) is 3.48. The molecule has 4 saturated heterocycles. The third-order valence-electron chi connectivity index (χ3n) is 7.48. The van der Waals surface area contributed by atoms with Gasteiger partial charge in [0.05, 0.1) is 12.1 Å². The van der Waals surface area contributed by atoms with Gasteiger partial charge in [-0.3, -0.25) is 19.3 Å². The van der Waals surface area contributed by atoms with Gasteiger partial charge in [0.1, 0.15) is 23.3 Å². The summed E-state index contributed by atoms with van der Waals surface area (Å²) >= 11 is 0. The fourth-order valence-electron chi connectivity index (χ4n) is 5.43. The normalized spacial score (nSPS) is 24.5. The lowest BCUT2D eigenvalue weighted by Gasteiger charge is -2.29. The minimum atomic E-state index is -0.602. The summed E-state index contributed by atoms with van der Waals surface area (Å²) in [6, 6.07) is -1.03. The number of fused-ring (bicyclic) bond motifs is 4. The summed E-state index contributed by atoms with van der Waals surface area (Å²) in [6.45, 7) is 10.9. The van der Waals surface area contributed by atoms with E-state index in [-0.39, 0.29) is 37.4 Å². The summed E-state index contributed by atoms with van der Waals surface area (Å²) in [5.74, 6) is -1.95. The molecule has 4 atom stereocenters. The molecule has 44 heavy (non-hydrogen) atoms. The molecular weight excluding hydrogens is 580 g/mol. The molecule has 0 aromatic rings. The van der Waals surface area contributed by atoms with E-state index in [9.17, 15) is 28.8 Å². The number of esters is 2. The highest BCUT2D eigenvalue weighted by Crippen LogP contribution is 2.29. The fourth-order valence-corrected chi connectivity index (χ4v) is 5.43. The standard InChI is InChI=1S/2C14H23N3O5/c2*1-14(2,3)22-11(18)8-21-15-12(19)10-6-5-9-7-17(10)13(20)16(9)4/h2*9-10H,5-8H2,1-4H3,(H,15,19)/t2*9-,10+/m11/s1. The summed E-state index contributed by atoms with van der Waals surface area (Å²) in [5.41, 5.74) is 3.27. The minimum Gasteiger partial charge on any atom is -0.458 e. The van der Waals surface area contributed by atoms with E-state index in [4.69, 9.17) is 19.1 Å². The Balaban J connectivity index is 0.000000240. The number of ether oxygens (including phenoxy) is 2. The van der Waals surface area contributed by atoms with E-state index < -0.39 is 47.0 Å². The number of hydrogen-bond acceptors (Lipinski definition) is 10. The van der Waals surface area contributed by atoms with E-state index >= 15 is 0 Å². The number of amides is 6. The molecule has 0 aromatic carbocycles. The highest BCUT2D eigenvalue weighted by molar-refractivity contribution is 5.89. The van der Waals surface area contributed by atoms with Crippen molar-refractivity contribution in [2.75, 3.05) is 40.4 Å². The molecule has 0 aromatic heterocycles. The Kier molecular flexibility index (Phi) is 11.1. The van der Waals surface area contributed by atoms with E-state index in [1.54, 1.807) is 75.2 Å². The number of piperidine rings is 2. The van der Waals surface area contributed by atoms with Gasteiger partial charge in [0.2, 0.25) is 0 Å². The zero-order valence-electron chi connectivity index (χ0n) is 26.8. The number of nitrogens with one attached hydrogen (secondary N) is 2. The van der Waals surface area contributed by atoms with E-state index in [0.29, 0.717) is 25.9 Å². The van der Waals surface area contributed by atoms with E-state index in [0.717, 1.165) is 12.8 Å². The molecule has 0 aliphatic carbocycles. The van der Waals surface area contributed by atoms with Gasteiger partial charge in [0.25, 0.3) is 11.8 Å². The SMILES string of the molecule is CN1C(=O)N2C[C@H]1CC[C@H]2C(=O)NOCC(=O)OC(C)(C)C.CN1C(=O)N2C[C@H]1CC[C@H]2C(=O)NOCC(=O)OC(C)(C)C. The van der Waals surface area contributed by atoms with Crippen molar-refractivity contribution in [2.24, 2.45) is 0 Å². The molecule has 4 rings (SSSR count). The largest absolute Gasteiger partial charge is 0.458 e. The third kappa shape index (κ3) is 9.17. The summed E-state index contributed by atoms with van der Waals surface area (Å²) in [4.78, 5) is 87.3. The molecule has 2 N–H and O–H groups in total. The van der Waals surface area contributed by atoms with E-state index in [2.05, 4.69) is 11.0 Å². The number of hydrogen-bond donors (Lipinski definition) is 2. The highest BCUT2D eigenvalue weighted by Gasteiger charge is 2.46. The third-order valence-corrected chi connectivity index (χ3v) is 7.48. The number of urea groups is 2. The summed E-state index contributed by atoms with van der Waals surface area (Å²) in [6.07, 6.45) is 2.73. The van der Waals surface area contributed by atoms with Crippen molar-refractivity contribution < 1.29 is 47.9 Å². The maximum atomic E-state index is 12.1. The van der Waals surface area contributed by atoms with Crippen molar-refractivity contribution in [3.05, 3.63) is 0 Å². The highest BCUT2D eigenvalue weighted by atomic mass is 16.7. The van der Waals surface area contributed by atoms with Crippen LogP contribution in [0, 0.1) is 0 Å². The Morgan fingerprint density at radius 1 is 0.659 bits per heavy atom. The van der Waals surface area contributed by atoms with Crippen molar-refractivity contribution >= 4 is 35.8 Å². The molecule has 248 valence electrons. The Morgan fingerprint density at radius 3 is 1.32 bits per heavy atom. The number of hydroxylamine groups is 2. The number of likely N-dealkylation sites (N-methyl/N-ethyl adjacent to an activating group) is 2. The van der Waals surface area contributed by atoms with Crippen LogP contribution in [-0.2, 0) is 38.3 Å². The topological polar surface area (TPSA) is 176 Å². The second-order valence-electron chi connectivity index (χ2n) is 13.3. The number of rotatable bonds is 8. The minimum absolute atomic E-state index is 0.144. The zero-order chi connectivity index (χ0) is 33.0. The van der Waals surface area contributed by atoms with Gasteiger partial charge in [-0.05, 0) is 67.2 Å². The smallest absolute Gasteiger partial charge is 0.335 e. The van der Waals surface area contributed by atoms with Crippen LogP contribution in [0.1, 0.15) is 67.2 Å². The Hall–Kier alpha value is -3.66. The van der Waals surface area contributed by atoms with Crippen LogP contribution in [0.25, 0.3) is 0 Å². The molecule has 0 saturated carbocycles. The molecule has 4 heterocycles. The van der Waals surface area contributed by atoms with Crippen molar-refractivity contribution in [3.8, 4) is 0 Å². The molecule has 4 aliphatic heterocycles. The second-order valence-corrected chi connectivity index (χ2v) is 13.3. The number of nitrogens with zero attached hydrogens (tertiary/aromatic N) is 4. The lowest BCUT2D eigenvalue weighted by molar-refractivity contribution is -0.166. The molecule has 0 radical (unpaired) electrons. The quantitative estimate of drug-likeness (QED) is 0.286. The van der Waals surface area contributed by atoms with Crippen LogP contribution in [0.15, 0.2) is 0 Å². The van der Waals surface area contributed by atoms with Gasteiger partial charge in [-0.15, -0.1) is 0 Å². The van der Waals surface area contributed by atoms with Gasteiger partial charge in [0, 0.05) is 27.2 Å². The maximum absolute atomic E-state index is 12.1. The van der Waals surface area contributed by atoms with Gasteiger partial charge < -0.3 is 29.1 Å². The summed E-state index contributed by atoms with van der Waals surface area (Å²) < 4.78 is 10.1. The Bertz CT molecular complexity index is 1030. The zero-order valence-corrected chi connectivity index (χ0v) is 26.8. The number of carbonyl (C=O) groups excluding carboxylic acids is 6. The first-order valence-corrected chi connectivity index (χ1v) is 14.7. The molecule has 0 spiro atoms. The average molecular weight is 627 g/mol. The molecular formula is C28H46N6O10. The van der Waals surface area contributed by atoms with Crippen molar-refractivity contribution in [1.29, 1.82) is 0 Å². The first-order valence-electron chi connectivity index (χ1n) is 14.7. The van der Waals surface area contributed by atoms with Crippen LogP contribution in [0.2, 0.25) is 0 Å². The van der Waals surface area contributed by atoms with Crippen LogP contribution in [0.3, 0.4) is 0 Å². The monoisotopic (exact) mass is 626 g/mol. The lowest BCUT2D eigenvalue weighted by atomic mass is 10.0. The fraction of sp³-hybridized carbons (Fsp3) is 0.786. The van der Waals surface area contributed by atoms with Crippen LogP contribution in [0.4, 0.5) is 9.59 Å². The van der Waals surface area contributed by atoms with Gasteiger partial charge in [-0.2, -0.15) is 0 Å². The molecule has 0 unspecified atom stereocenters. The van der Waals surface area contributed by atoms with Gasteiger partial charge in [0.15, 0.2) is 13.2 Å². The maximum Gasteiger partial charge on any atom is 0.335 e. The van der Waals surface area contributed by atoms with Crippen LogP contribution in [0.5, 0.6) is 0 Å². The molecule has 4 fully saturated rings. The predicted molar refractivity (Wildman–Crippen MR) is 153 cm³/mol. The van der Waals surface area contributed by atoms with Crippen molar-refractivity contribution in [1.82, 2.24) is 30.6 Å². The van der Waals surface area contributed by atoms with E-state index in [1.807, 2.05) is 0 Å². The molecule has 16 nitrogen and oxygen atoms in total. The van der Waals surface area contributed by atoms with E-state index in [1.165, 1.54) is 0 Å². The molecule has 4 aliphatic rings. The van der Waals surface area contributed by atoms with Gasteiger partial charge in [-0.25, -0.2) is 30.1 Å².